The molecule has 18 heavy (non-hydrogen) atoms. The maximum absolute atomic E-state index is 5.55. The Kier molecular flexibility index (Phi) is 4.36. The Hall–Kier alpha value is -1.36. The Morgan fingerprint density at radius 1 is 1.50 bits per heavy atom. The molecule has 5 nitrogen and oxygen atoms in total. The lowest BCUT2D eigenvalue weighted by Gasteiger charge is -2.28. The molecule has 1 aromatic rings. The summed E-state index contributed by atoms with van der Waals surface area (Å²) in [7, 11) is 0. The van der Waals surface area contributed by atoms with Crippen molar-refractivity contribution in [2.75, 3.05) is 23.8 Å². The van der Waals surface area contributed by atoms with Crippen LogP contribution >= 0.6 is 0 Å². The lowest BCUT2D eigenvalue weighted by atomic mass is 10.0. The van der Waals surface area contributed by atoms with E-state index in [1.54, 1.807) is 0 Å². The van der Waals surface area contributed by atoms with Gasteiger partial charge in [0.1, 0.15) is 5.82 Å². The van der Waals surface area contributed by atoms with Gasteiger partial charge in [0.15, 0.2) is 0 Å². The smallest absolute Gasteiger partial charge is 0.224 e. The van der Waals surface area contributed by atoms with E-state index < -0.39 is 0 Å². The summed E-state index contributed by atoms with van der Waals surface area (Å²) in [4.78, 5) is 8.76. The van der Waals surface area contributed by atoms with Crippen LogP contribution in [0.2, 0.25) is 0 Å². The van der Waals surface area contributed by atoms with Crippen molar-refractivity contribution in [3.8, 4) is 0 Å². The molecule has 0 radical (unpaired) electrons. The number of aryl methyl sites for hydroxylation is 1. The van der Waals surface area contributed by atoms with Crippen LogP contribution in [0.15, 0.2) is 6.20 Å². The van der Waals surface area contributed by atoms with Gasteiger partial charge in [0.25, 0.3) is 0 Å². The Morgan fingerprint density at radius 3 is 3.06 bits per heavy atom. The quantitative estimate of drug-likeness (QED) is 0.858. The van der Waals surface area contributed by atoms with Crippen molar-refractivity contribution in [1.29, 1.82) is 0 Å². The molecule has 0 aromatic carbocycles. The second-order valence-corrected chi connectivity index (χ2v) is 4.80. The first-order valence-corrected chi connectivity index (χ1v) is 6.64. The maximum atomic E-state index is 5.55. The fourth-order valence-corrected chi connectivity index (χ4v) is 2.15. The van der Waals surface area contributed by atoms with Crippen LogP contribution in [-0.4, -0.2) is 35.3 Å². The summed E-state index contributed by atoms with van der Waals surface area (Å²) in [6.45, 7) is 7.84. The molecule has 1 fully saturated rings. The third-order valence-electron chi connectivity index (χ3n) is 3.13. The molecular weight excluding hydrogens is 228 g/mol. The Bertz CT molecular complexity index is 397. The Morgan fingerprint density at radius 2 is 2.33 bits per heavy atom. The van der Waals surface area contributed by atoms with Crippen LogP contribution in [0, 0.1) is 6.92 Å². The minimum Gasteiger partial charge on any atom is -0.378 e. The van der Waals surface area contributed by atoms with Crippen LogP contribution in [0.25, 0.3) is 0 Å². The molecule has 1 saturated heterocycles. The van der Waals surface area contributed by atoms with Gasteiger partial charge in [-0.15, -0.1) is 0 Å². The molecule has 0 spiro atoms. The monoisotopic (exact) mass is 250 g/mol. The molecule has 1 aliphatic rings. The second-order valence-electron chi connectivity index (χ2n) is 4.80. The summed E-state index contributed by atoms with van der Waals surface area (Å²) >= 11 is 0. The molecule has 0 saturated carbocycles. The van der Waals surface area contributed by atoms with Crippen LogP contribution in [0.1, 0.15) is 32.3 Å². The third-order valence-corrected chi connectivity index (χ3v) is 3.13. The SMILES string of the molecule is CCNc1ncc(C)c(NC2CCOC(C)C2)n1. The highest BCUT2D eigenvalue weighted by Gasteiger charge is 2.20. The van der Waals surface area contributed by atoms with Crippen LogP contribution < -0.4 is 10.6 Å². The average molecular weight is 250 g/mol. The topological polar surface area (TPSA) is 59.1 Å². The van der Waals surface area contributed by atoms with Crippen LogP contribution in [0.4, 0.5) is 11.8 Å². The molecule has 2 heterocycles. The Labute approximate surface area is 108 Å². The predicted molar refractivity (Wildman–Crippen MR) is 73.0 cm³/mol. The minimum atomic E-state index is 0.326. The van der Waals surface area contributed by atoms with E-state index in [-0.39, 0.29) is 0 Å². The number of nitrogens with one attached hydrogen (secondary N) is 2. The molecule has 1 aromatic heterocycles. The standard InChI is InChI=1S/C13H22N4O/c1-4-14-13-15-8-9(2)12(17-13)16-11-5-6-18-10(3)7-11/h8,10-11H,4-7H2,1-3H3,(H2,14,15,16,17). The summed E-state index contributed by atoms with van der Waals surface area (Å²) in [5, 5.41) is 6.64. The van der Waals surface area contributed by atoms with Gasteiger partial charge in [0, 0.05) is 31.0 Å². The summed E-state index contributed by atoms with van der Waals surface area (Å²) < 4.78 is 5.55. The second kappa shape index (κ2) is 6.00. The lowest BCUT2D eigenvalue weighted by Crippen LogP contribution is -2.33. The van der Waals surface area contributed by atoms with Gasteiger partial charge in [-0.3, -0.25) is 0 Å². The highest BCUT2D eigenvalue weighted by Crippen LogP contribution is 2.20. The zero-order valence-electron chi connectivity index (χ0n) is 11.4. The normalized spacial score (nSPS) is 23.7. The van der Waals surface area contributed by atoms with Gasteiger partial charge in [0.2, 0.25) is 5.95 Å². The van der Waals surface area contributed by atoms with E-state index in [1.807, 2.05) is 20.0 Å². The molecule has 0 aliphatic carbocycles. The predicted octanol–water partition coefficient (Wildman–Crippen LogP) is 2.20. The van der Waals surface area contributed by atoms with E-state index in [1.165, 1.54) is 0 Å². The molecule has 0 amide bonds. The first-order chi connectivity index (χ1) is 8.69. The number of hydrogen-bond donors (Lipinski definition) is 2. The molecule has 2 rings (SSSR count). The fourth-order valence-electron chi connectivity index (χ4n) is 2.15. The molecule has 5 heteroatoms. The van der Waals surface area contributed by atoms with E-state index in [9.17, 15) is 0 Å². The van der Waals surface area contributed by atoms with E-state index >= 15 is 0 Å². The van der Waals surface area contributed by atoms with Gasteiger partial charge in [0.05, 0.1) is 6.10 Å². The number of rotatable bonds is 4. The van der Waals surface area contributed by atoms with Crippen LogP contribution in [0.3, 0.4) is 0 Å². The van der Waals surface area contributed by atoms with Gasteiger partial charge >= 0.3 is 0 Å². The van der Waals surface area contributed by atoms with E-state index in [2.05, 4.69) is 27.5 Å². The minimum absolute atomic E-state index is 0.326. The molecule has 2 unspecified atom stereocenters. The first kappa shape index (κ1) is 13.1. The zero-order valence-corrected chi connectivity index (χ0v) is 11.4. The zero-order chi connectivity index (χ0) is 13.0. The maximum Gasteiger partial charge on any atom is 0.224 e. The largest absolute Gasteiger partial charge is 0.378 e. The lowest BCUT2D eigenvalue weighted by molar-refractivity contribution is 0.0231. The van der Waals surface area contributed by atoms with Crippen molar-refractivity contribution in [2.45, 2.75) is 45.8 Å². The van der Waals surface area contributed by atoms with E-state index in [4.69, 9.17) is 4.74 Å². The Balaban J connectivity index is 2.05. The first-order valence-electron chi connectivity index (χ1n) is 6.64. The van der Waals surface area contributed by atoms with Crippen molar-refractivity contribution < 1.29 is 4.74 Å². The summed E-state index contributed by atoms with van der Waals surface area (Å²) in [6, 6.07) is 0.442. The van der Waals surface area contributed by atoms with Crippen molar-refractivity contribution in [1.82, 2.24) is 9.97 Å². The molecule has 2 N–H and O–H groups in total. The fraction of sp³-hybridized carbons (Fsp3) is 0.692. The molecule has 1 aliphatic heterocycles. The van der Waals surface area contributed by atoms with Crippen molar-refractivity contribution in [3.63, 3.8) is 0 Å². The third kappa shape index (κ3) is 3.32. The molecule has 100 valence electrons. The number of ether oxygens (including phenoxy) is 1. The van der Waals surface area contributed by atoms with Crippen LogP contribution in [0.5, 0.6) is 0 Å². The van der Waals surface area contributed by atoms with Gasteiger partial charge in [-0.05, 0) is 33.6 Å². The highest BCUT2D eigenvalue weighted by atomic mass is 16.5. The van der Waals surface area contributed by atoms with E-state index in [0.717, 1.165) is 37.4 Å². The molecular formula is C13H22N4O. The summed E-state index contributed by atoms with van der Waals surface area (Å²) in [5.74, 6) is 1.62. The van der Waals surface area contributed by atoms with Gasteiger partial charge in [-0.1, -0.05) is 0 Å². The van der Waals surface area contributed by atoms with Crippen molar-refractivity contribution in [3.05, 3.63) is 11.8 Å². The van der Waals surface area contributed by atoms with Gasteiger partial charge in [-0.2, -0.15) is 4.98 Å². The van der Waals surface area contributed by atoms with Crippen molar-refractivity contribution >= 4 is 11.8 Å². The van der Waals surface area contributed by atoms with Crippen molar-refractivity contribution in [2.24, 2.45) is 0 Å². The molecule has 0 bridgehead atoms. The molecule has 2 atom stereocenters. The van der Waals surface area contributed by atoms with Gasteiger partial charge in [-0.25, -0.2) is 4.98 Å². The van der Waals surface area contributed by atoms with Crippen LogP contribution in [-0.2, 0) is 4.74 Å². The average Bonchev–Trinajstić information content (AvgIpc) is 2.34. The number of hydrogen-bond acceptors (Lipinski definition) is 5. The van der Waals surface area contributed by atoms with Gasteiger partial charge < -0.3 is 15.4 Å². The number of anilines is 2. The highest BCUT2D eigenvalue weighted by molar-refractivity contribution is 5.47. The number of aromatic nitrogens is 2. The summed E-state index contributed by atoms with van der Waals surface area (Å²) in [6.07, 6.45) is 4.24. The number of nitrogens with zero attached hydrogens (tertiary/aromatic N) is 2. The summed E-state index contributed by atoms with van der Waals surface area (Å²) in [5.41, 5.74) is 1.08. The van der Waals surface area contributed by atoms with E-state index in [0.29, 0.717) is 18.1 Å².